The molecule has 198 valence electrons. The molecule has 1 aromatic heterocycles. The van der Waals surface area contributed by atoms with Crippen molar-refractivity contribution in [2.75, 3.05) is 6.54 Å². The zero-order chi connectivity index (χ0) is 27.5. The van der Waals surface area contributed by atoms with Gasteiger partial charge in [-0.2, -0.15) is 13.2 Å². The topological polar surface area (TPSA) is 111 Å². The summed E-state index contributed by atoms with van der Waals surface area (Å²) in [6, 6.07) is -1.21. The Hall–Kier alpha value is -3.18. The zero-order valence-corrected chi connectivity index (χ0v) is 21.3. The van der Waals surface area contributed by atoms with E-state index < -0.39 is 42.8 Å². The number of ether oxygens (including phenoxy) is 1. The van der Waals surface area contributed by atoms with Crippen molar-refractivity contribution in [2.45, 2.75) is 52.1 Å². The molecule has 0 bridgehead atoms. The van der Waals surface area contributed by atoms with Crippen molar-refractivity contribution < 1.29 is 32.3 Å². The number of amides is 2. The molecule has 0 aliphatic carbocycles. The van der Waals surface area contributed by atoms with Crippen molar-refractivity contribution in [3.63, 3.8) is 0 Å². The molecule has 0 aliphatic rings. The second-order valence-electron chi connectivity index (χ2n) is 7.76. The van der Waals surface area contributed by atoms with E-state index >= 15 is 0 Å². The Bertz CT molecular complexity index is 1010. The van der Waals surface area contributed by atoms with E-state index in [1.165, 1.54) is 11.3 Å². The largest absolute Gasteiger partial charge is 0.491 e. The SMILES string of the molecule is C=Cc1scc(C[C@@H](NC(=O)CN)C(=O)N[C@@H](C/C(=C/C)C(C)/C=C\C)OC(=O)C(F)(F)F)c1C=C. The van der Waals surface area contributed by atoms with Crippen molar-refractivity contribution in [1.82, 2.24) is 10.6 Å². The number of hydrogen-bond donors (Lipinski definition) is 3. The highest BCUT2D eigenvalue weighted by Crippen LogP contribution is 2.26. The molecule has 7 nitrogen and oxygen atoms in total. The van der Waals surface area contributed by atoms with Crippen molar-refractivity contribution in [3.05, 3.63) is 58.3 Å². The summed E-state index contributed by atoms with van der Waals surface area (Å²) in [7, 11) is 0. The Morgan fingerprint density at radius 2 is 1.86 bits per heavy atom. The van der Waals surface area contributed by atoms with Gasteiger partial charge in [-0.15, -0.1) is 11.3 Å². The lowest BCUT2D eigenvalue weighted by Gasteiger charge is -2.26. The van der Waals surface area contributed by atoms with E-state index in [1.807, 2.05) is 13.0 Å². The number of allylic oxidation sites excluding steroid dienone is 3. The standard InChI is InChI=1S/C25H32F3N3O4S/c1-6-10-15(5)16(7-2)12-22(35-24(34)25(26,27)28)31-23(33)19(30-21(32)13-29)11-17-14-36-20(9-4)18(17)8-3/h6-10,14-15,19,22H,3-4,11-13,29H2,1-2,5H3,(H,30,32)(H,31,33)/b10-6-,16-7-/t15?,19-,22-/m1/s1. The molecule has 1 aromatic rings. The van der Waals surface area contributed by atoms with Crippen LogP contribution in [0.4, 0.5) is 13.2 Å². The van der Waals surface area contributed by atoms with E-state index in [1.54, 1.807) is 43.5 Å². The van der Waals surface area contributed by atoms with Crippen LogP contribution in [-0.2, 0) is 25.5 Å². The van der Waals surface area contributed by atoms with E-state index in [0.717, 1.165) is 4.88 Å². The van der Waals surface area contributed by atoms with Crippen LogP contribution in [0.1, 0.15) is 43.2 Å². The lowest BCUT2D eigenvalue weighted by Crippen LogP contribution is -2.53. The summed E-state index contributed by atoms with van der Waals surface area (Å²) in [5.74, 6) is -4.11. The van der Waals surface area contributed by atoms with Gasteiger partial charge in [-0.05, 0) is 36.3 Å². The third kappa shape index (κ3) is 9.12. The molecule has 0 saturated heterocycles. The number of nitrogens with one attached hydrogen (secondary N) is 2. The Balaban J connectivity index is 3.28. The normalized spacial score (nSPS) is 14.6. The number of carbonyl (C=O) groups is 3. The second-order valence-corrected chi connectivity index (χ2v) is 8.67. The summed E-state index contributed by atoms with van der Waals surface area (Å²) >= 11 is 1.36. The van der Waals surface area contributed by atoms with Crippen LogP contribution in [0.3, 0.4) is 0 Å². The van der Waals surface area contributed by atoms with Crippen LogP contribution in [0.15, 0.2) is 42.3 Å². The van der Waals surface area contributed by atoms with E-state index in [9.17, 15) is 27.6 Å². The van der Waals surface area contributed by atoms with Crippen LogP contribution < -0.4 is 16.4 Å². The minimum absolute atomic E-state index is 0.00530. The summed E-state index contributed by atoms with van der Waals surface area (Å²) in [6.45, 7) is 12.4. The Kier molecular flexibility index (Phi) is 12.3. The Morgan fingerprint density at radius 1 is 1.19 bits per heavy atom. The van der Waals surface area contributed by atoms with Gasteiger partial charge in [-0.1, -0.05) is 56.0 Å². The molecule has 0 aliphatic heterocycles. The predicted molar refractivity (Wildman–Crippen MR) is 136 cm³/mol. The highest BCUT2D eigenvalue weighted by molar-refractivity contribution is 7.11. The quantitative estimate of drug-likeness (QED) is 0.203. The minimum atomic E-state index is -5.25. The van der Waals surface area contributed by atoms with Gasteiger partial charge in [0.05, 0.1) is 6.54 Å². The molecule has 0 saturated carbocycles. The fourth-order valence-electron chi connectivity index (χ4n) is 3.42. The average molecular weight is 528 g/mol. The molecule has 1 heterocycles. The average Bonchev–Trinajstić information content (AvgIpc) is 3.22. The summed E-state index contributed by atoms with van der Waals surface area (Å²) in [5.41, 5.74) is 7.40. The van der Waals surface area contributed by atoms with Crippen molar-refractivity contribution in [3.8, 4) is 0 Å². The van der Waals surface area contributed by atoms with E-state index in [0.29, 0.717) is 16.7 Å². The fraction of sp³-hybridized carbons (Fsp3) is 0.400. The first-order valence-electron chi connectivity index (χ1n) is 11.1. The molecule has 3 atom stereocenters. The lowest BCUT2D eigenvalue weighted by atomic mass is 9.96. The molecule has 2 amide bonds. The molecule has 0 spiro atoms. The molecule has 1 rings (SSSR count). The summed E-state index contributed by atoms with van der Waals surface area (Å²) in [4.78, 5) is 37.6. The number of thiophene rings is 1. The highest BCUT2D eigenvalue weighted by Gasteiger charge is 2.43. The van der Waals surface area contributed by atoms with Crippen LogP contribution >= 0.6 is 11.3 Å². The summed E-state index contributed by atoms with van der Waals surface area (Å²) < 4.78 is 43.4. The monoisotopic (exact) mass is 527 g/mol. The number of alkyl halides is 3. The van der Waals surface area contributed by atoms with Crippen LogP contribution in [-0.4, -0.2) is 42.8 Å². The van der Waals surface area contributed by atoms with Gasteiger partial charge >= 0.3 is 12.1 Å². The number of halogens is 3. The van der Waals surface area contributed by atoms with Gasteiger partial charge in [0.1, 0.15) is 6.04 Å². The Morgan fingerprint density at radius 3 is 2.36 bits per heavy atom. The van der Waals surface area contributed by atoms with Gasteiger partial charge < -0.3 is 21.1 Å². The minimum Gasteiger partial charge on any atom is -0.435 e. The molecule has 11 heteroatoms. The molecule has 0 aromatic carbocycles. The summed E-state index contributed by atoms with van der Waals surface area (Å²) in [5, 5.41) is 6.58. The molecular weight excluding hydrogens is 495 g/mol. The maximum absolute atomic E-state index is 13.2. The smallest absolute Gasteiger partial charge is 0.435 e. The fourth-order valence-corrected chi connectivity index (χ4v) is 4.35. The molecule has 36 heavy (non-hydrogen) atoms. The van der Waals surface area contributed by atoms with Gasteiger partial charge in [0.25, 0.3) is 0 Å². The second kappa shape index (κ2) is 14.4. The van der Waals surface area contributed by atoms with Crippen LogP contribution in [0.25, 0.3) is 12.2 Å². The molecule has 1 unspecified atom stereocenters. The lowest BCUT2D eigenvalue weighted by molar-refractivity contribution is -0.206. The van der Waals surface area contributed by atoms with Gasteiger partial charge in [-0.3, -0.25) is 9.59 Å². The number of esters is 1. The first kappa shape index (κ1) is 30.9. The number of nitrogens with two attached hydrogens (primary N) is 1. The maximum atomic E-state index is 13.2. The number of carbonyl (C=O) groups excluding carboxylic acids is 3. The van der Waals surface area contributed by atoms with Crippen molar-refractivity contribution in [1.29, 1.82) is 0 Å². The van der Waals surface area contributed by atoms with Gasteiger partial charge in [0, 0.05) is 17.7 Å². The van der Waals surface area contributed by atoms with Crippen LogP contribution in [0.5, 0.6) is 0 Å². The summed E-state index contributed by atoms with van der Waals surface area (Å²) in [6.07, 6.45) is 1.39. The van der Waals surface area contributed by atoms with Gasteiger partial charge in [-0.25, -0.2) is 4.79 Å². The maximum Gasteiger partial charge on any atom is 0.491 e. The first-order valence-corrected chi connectivity index (χ1v) is 12.0. The van der Waals surface area contributed by atoms with Gasteiger partial charge in [0.2, 0.25) is 11.8 Å². The van der Waals surface area contributed by atoms with E-state index in [-0.39, 0.29) is 18.8 Å². The third-order valence-electron chi connectivity index (χ3n) is 5.23. The first-order chi connectivity index (χ1) is 16.9. The number of rotatable bonds is 13. The molecular formula is C25H32F3N3O4S. The predicted octanol–water partition coefficient (Wildman–Crippen LogP) is 4.12. The third-order valence-corrected chi connectivity index (χ3v) is 6.27. The number of hydrogen-bond acceptors (Lipinski definition) is 6. The zero-order valence-electron chi connectivity index (χ0n) is 20.5. The van der Waals surface area contributed by atoms with Crippen molar-refractivity contribution in [2.24, 2.45) is 11.7 Å². The Labute approximate surface area is 213 Å². The molecule has 0 fully saturated rings. The van der Waals surface area contributed by atoms with E-state index in [2.05, 4.69) is 28.5 Å². The van der Waals surface area contributed by atoms with Crippen LogP contribution in [0, 0.1) is 5.92 Å². The van der Waals surface area contributed by atoms with Crippen LogP contribution in [0.2, 0.25) is 0 Å². The van der Waals surface area contributed by atoms with Gasteiger partial charge in [0.15, 0.2) is 6.23 Å². The molecule has 4 N–H and O–H groups in total. The molecule has 0 radical (unpaired) electrons. The van der Waals surface area contributed by atoms with E-state index in [4.69, 9.17) is 5.73 Å². The highest BCUT2D eigenvalue weighted by atomic mass is 32.1. The van der Waals surface area contributed by atoms with Crippen molar-refractivity contribution >= 4 is 41.3 Å².